The Hall–Kier alpha value is -0.510. The van der Waals surface area contributed by atoms with Crippen LogP contribution in [0.25, 0.3) is 0 Å². The van der Waals surface area contributed by atoms with Gasteiger partial charge in [0.05, 0.1) is 6.07 Å². The zero-order chi connectivity index (χ0) is 8.10. The molecule has 0 unspecified atom stereocenters. The Morgan fingerprint density at radius 1 is 1.27 bits per heavy atom. The van der Waals surface area contributed by atoms with Crippen molar-refractivity contribution < 1.29 is 0 Å². The van der Waals surface area contributed by atoms with Gasteiger partial charge in [-0.2, -0.15) is 5.26 Å². The van der Waals surface area contributed by atoms with Gasteiger partial charge in [-0.3, -0.25) is 0 Å². The minimum Gasteiger partial charge on any atom is -0.198 e. The first-order valence-corrected chi connectivity index (χ1v) is 4.76. The van der Waals surface area contributed by atoms with Crippen molar-refractivity contribution in [1.82, 2.24) is 0 Å². The summed E-state index contributed by atoms with van der Waals surface area (Å²) in [7, 11) is 0. The third-order valence-corrected chi connectivity index (χ3v) is 2.73. The largest absolute Gasteiger partial charge is 0.198 e. The molecule has 0 amide bonds. The Bertz CT molecular complexity index is 137. The van der Waals surface area contributed by atoms with Crippen LogP contribution in [0.1, 0.15) is 45.4 Å². The van der Waals surface area contributed by atoms with Crippen LogP contribution in [0.15, 0.2) is 0 Å². The van der Waals surface area contributed by atoms with Crippen LogP contribution < -0.4 is 0 Å². The van der Waals surface area contributed by atoms with Gasteiger partial charge in [-0.25, -0.2) is 0 Å². The summed E-state index contributed by atoms with van der Waals surface area (Å²) in [5.74, 6) is 1.31. The van der Waals surface area contributed by atoms with Crippen molar-refractivity contribution in [3.8, 4) is 6.07 Å². The van der Waals surface area contributed by atoms with E-state index in [0.29, 0.717) is 5.92 Å². The number of nitriles is 1. The van der Waals surface area contributed by atoms with Crippen molar-refractivity contribution in [2.75, 3.05) is 0 Å². The number of rotatable bonds is 2. The number of hydrogen-bond acceptors (Lipinski definition) is 1. The fraction of sp³-hybridized carbons (Fsp3) is 0.900. The smallest absolute Gasteiger partial charge is 0.0655 e. The molecule has 0 aliphatic heterocycles. The van der Waals surface area contributed by atoms with Crippen LogP contribution in [-0.4, -0.2) is 0 Å². The predicted octanol–water partition coefficient (Wildman–Crippen LogP) is 3.12. The average molecular weight is 151 g/mol. The lowest BCUT2D eigenvalue weighted by molar-refractivity contribution is 0.298. The van der Waals surface area contributed by atoms with Crippen molar-refractivity contribution in [3.63, 3.8) is 0 Å². The maximum absolute atomic E-state index is 8.66. The van der Waals surface area contributed by atoms with E-state index in [4.69, 9.17) is 5.26 Å². The summed E-state index contributed by atoms with van der Waals surface area (Å²) in [5, 5.41) is 8.66. The molecule has 11 heavy (non-hydrogen) atoms. The second-order valence-electron chi connectivity index (χ2n) is 3.64. The van der Waals surface area contributed by atoms with Crippen LogP contribution in [0.4, 0.5) is 0 Å². The van der Waals surface area contributed by atoms with Crippen molar-refractivity contribution in [3.05, 3.63) is 0 Å². The van der Waals surface area contributed by atoms with E-state index >= 15 is 0 Å². The van der Waals surface area contributed by atoms with Gasteiger partial charge in [0, 0.05) is 5.92 Å². The van der Waals surface area contributed by atoms with E-state index < -0.39 is 0 Å². The molecule has 0 spiro atoms. The van der Waals surface area contributed by atoms with E-state index in [9.17, 15) is 0 Å². The van der Waals surface area contributed by atoms with Crippen LogP contribution in [0.3, 0.4) is 0 Å². The lowest BCUT2D eigenvalue weighted by Crippen LogP contribution is -2.12. The second kappa shape index (κ2) is 4.38. The number of hydrogen-bond donors (Lipinski definition) is 0. The zero-order valence-electron chi connectivity index (χ0n) is 7.34. The predicted molar refractivity (Wildman–Crippen MR) is 46.0 cm³/mol. The fourth-order valence-corrected chi connectivity index (χ4v) is 1.99. The highest BCUT2D eigenvalue weighted by atomic mass is 14.3. The molecule has 0 atom stereocenters. The third-order valence-electron chi connectivity index (χ3n) is 2.73. The first kappa shape index (κ1) is 8.59. The van der Waals surface area contributed by atoms with Crippen LogP contribution in [-0.2, 0) is 0 Å². The van der Waals surface area contributed by atoms with Gasteiger partial charge < -0.3 is 0 Å². The van der Waals surface area contributed by atoms with Gasteiger partial charge >= 0.3 is 0 Å². The summed E-state index contributed by atoms with van der Waals surface area (Å²) in [4.78, 5) is 0. The molecule has 1 nitrogen and oxygen atoms in total. The van der Waals surface area contributed by atoms with E-state index in [1.54, 1.807) is 0 Å². The molecule has 0 radical (unpaired) electrons. The highest BCUT2D eigenvalue weighted by Gasteiger charge is 2.19. The van der Waals surface area contributed by atoms with E-state index in [0.717, 1.165) is 18.8 Å². The molecule has 1 rings (SSSR count). The second-order valence-corrected chi connectivity index (χ2v) is 3.64. The van der Waals surface area contributed by atoms with Crippen molar-refractivity contribution in [1.29, 1.82) is 5.26 Å². The molecule has 0 aromatic heterocycles. The maximum Gasteiger partial charge on any atom is 0.0655 e. The summed E-state index contributed by atoms with van der Waals surface area (Å²) >= 11 is 0. The quantitative estimate of drug-likeness (QED) is 0.595. The summed E-state index contributed by atoms with van der Waals surface area (Å²) < 4.78 is 0. The Morgan fingerprint density at radius 3 is 2.36 bits per heavy atom. The van der Waals surface area contributed by atoms with E-state index in [1.165, 1.54) is 25.7 Å². The molecule has 0 heterocycles. The van der Waals surface area contributed by atoms with Gasteiger partial charge in [-0.1, -0.05) is 19.8 Å². The van der Waals surface area contributed by atoms with Crippen LogP contribution in [0.5, 0.6) is 0 Å². The SMILES string of the molecule is CCC[C@H]1CC[C@H](C#N)CC1. The highest BCUT2D eigenvalue weighted by Crippen LogP contribution is 2.30. The molecule has 0 N–H and O–H groups in total. The van der Waals surface area contributed by atoms with Crippen LogP contribution in [0, 0.1) is 23.2 Å². The Morgan fingerprint density at radius 2 is 1.91 bits per heavy atom. The molecule has 1 aliphatic rings. The van der Waals surface area contributed by atoms with Crippen LogP contribution >= 0.6 is 0 Å². The van der Waals surface area contributed by atoms with E-state index in [2.05, 4.69) is 13.0 Å². The van der Waals surface area contributed by atoms with Gasteiger partial charge in [0.25, 0.3) is 0 Å². The molecule has 0 bridgehead atoms. The first-order valence-electron chi connectivity index (χ1n) is 4.76. The minimum atomic E-state index is 0.378. The van der Waals surface area contributed by atoms with Gasteiger partial charge in [-0.05, 0) is 31.6 Å². The van der Waals surface area contributed by atoms with Gasteiger partial charge in [-0.15, -0.1) is 0 Å². The monoisotopic (exact) mass is 151 g/mol. The van der Waals surface area contributed by atoms with E-state index in [1.807, 2.05) is 0 Å². The Labute approximate surface area is 69.4 Å². The molecular weight excluding hydrogens is 134 g/mol. The minimum absolute atomic E-state index is 0.378. The lowest BCUT2D eigenvalue weighted by Gasteiger charge is -2.23. The molecule has 0 saturated heterocycles. The van der Waals surface area contributed by atoms with E-state index in [-0.39, 0.29) is 0 Å². The zero-order valence-corrected chi connectivity index (χ0v) is 7.34. The van der Waals surface area contributed by atoms with Crippen molar-refractivity contribution in [2.24, 2.45) is 11.8 Å². The van der Waals surface area contributed by atoms with Gasteiger partial charge in [0.15, 0.2) is 0 Å². The van der Waals surface area contributed by atoms with Crippen molar-refractivity contribution in [2.45, 2.75) is 45.4 Å². The molecular formula is C10H17N. The lowest BCUT2D eigenvalue weighted by atomic mass is 9.81. The molecule has 0 aromatic carbocycles. The molecule has 1 aliphatic carbocycles. The van der Waals surface area contributed by atoms with Gasteiger partial charge in [0.2, 0.25) is 0 Å². The maximum atomic E-state index is 8.66. The first-order chi connectivity index (χ1) is 5.36. The fourth-order valence-electron chi connectivity index (χ4n) is 1.99. The van der Waals surface area contributed by atoms with Gasteiger partial charge in [0.1, 0.15) is 0 Å². The normalized spacial score (nSPS) is 31.3. The molecule has 1 fully saturated rings. The highest BCUT2D eigenvalue weighted by molar-refractivity contribution is 4.86. The number of nitrogens with zero attached hydrogens (tertiary/aromatic N) is 1. The summed E-state index contributed by atoms with van der Waals surface area (Å²) in [6.45, 7) is 2.25. The summed E-state index contributed by atoms with van der Waals surface area (Å²) in [5.41, 5.74) is 0. The molecule has 0 aromatic rings. The van der Waals surface area contributed by atoms with Crippen molar-refractivity contribution >= 4 is 0 Å². The molecule has 62 valence electrons. The molecule has 1 heteroatoms. The topological polar surface area (TPSA) is 23.8 Å². The summed E-state index contributed by atoms with van der Waals surface area (Å²) in [6.07, 6.45) is 7.58. The average Bonchev–Trinajstić information content (AvgIpc) is 2.07. The van der Waals surface area contributed by atoms with Crippen LogP contribution in [0.2, 0.25) is 0 Å². The Balaban J connectivity index is 2.20. The summed E-state index contributed by atoms with van der Waals surface area (Å²) in [6, 6.07) is 2.37. The third kappa shape index (κ3) is 2.54. The standard InChI is InChI=1S/C10H17N/c1-2-3-9-4-6-10(8-11)7-5-9/h9-10H,2-7H2,1H3/t9-,10-. The molecule has 1 saturated carbocycles. The Kier molecular flexibility index (Phi) is 3.42.